The normalized spacial score (nSPS) is 34.9. The molecule has 3 nitrogen and oxygen atoms in total. The van der Waals surface area contributed by atoms with Crippen LogP contribution in [0.15, 0.2) is 23.6 Å². The van der Waals surface area contributed by atoms with E-state index in [1.807, 2.05) is 6.07 Å². The molecule has 1 aromatic heterocycles. The molecule has 16 heavy (non-hydrogen) atoms. The Morgan fingerprint density at radius 1 is 1.25 bits per heavy atom. The van der Waals surface area contributed by atoms with Crippen molar-refractivity contribution >= 4 is 11.8 Å². The molecule has 4 unspecified atom stereocenters. The van der Waals surface area contributed by atoms with E-state index in [-0.39, 0.29) is 6.04 Å². The maximum Gasteiger partial charge on any atom is 0.187 e. The molecule has 1 fully saturated rings. The van der Waals surface area contributed by atoms with Gasteiger partial charge in [0.2, 0.25) is 0 Å². The molecule has 1 heterocycles. The Hall–Kier alpha value is -0.610. The Morgan fingerprint density at radius 3 is 2.56 bits per heavy atom. The fraction of sp³-hybridized carbons (Fsp3) is 0.667. The fourth-order valence-corrected chi connectivity index (χ4v) is 3.67. The lowest BCUT2D eigenvalue weighted by atomic mass is 9.80. The van der Waals surface area contributed by atoms with Gasteiger partial charge in [0.05, 0.1) is 0 Å². The summed E-state index contributed by atoms with van der Waals surface area (Å²) in [6.07, 6.45) is 5.96. The topological polar surface area (TPSA) is 51.8 Å². The van der Waals surface area contributed by atoms with Crippen LogP contribution in [0.1, 0.15) is 26.7 Å². The van der Waals surface area contributed by atoms with Crippen LogP contribution in [-0.2, 0) is 0 Å². The van der Waals surface area contributed by atoms with E-state index in [1.165, 1.54) is 6.42 Å². The average molecular weight is 237 g/mol. The second-order valence-corrected chi connectivity index (χ2v) is 5.98. The largest absolute Gasteiger partial charge is 0.327 e. The van der Waals surface area contributed by atoms with Crippen molar-refractivity contribution in [1.29, 1.82) is 0 Å². The summed E-state index contributed by atoms with van der Waals surface area (Å²) >= 11 is 1.74. The first-order valence-electron chi connectivity index (χ1n) is 5.86. The van der Waals surface area contributed by atoms with Crippen molar-refractivity contribution in [3.63, 3.8) is 0 Å². The summed E-state index contributed by atoms with van der Waals surface area (Å²) in [5.74, 6) is 1.39. The average Bonchev–Trinajstić information content (AvgIpc) is 2.25. The second-order valence-electron chi connectivity index (χ2n) is 4.83. The number of hydrogen-bond acceptors (Lipinski definition) is 4. The van der Waals surface area contributed by atoms with E-state index in [1.54, 1.807) is 24.2 Å². The molecule has 1 aliphatic rings. The van der Waals surface area contributed by atoms with Crippen molar-refractivity contribution < 1.29 is 0 Å². The summed E-state index contributed by atoms with van der Waals surface area (Å²) in [7, 11) is 0. The minimum Gasteiger partial charge on any atom is -0.327 e. The molecule has 1 saturated carbocycles. The molecular formula is C12H19N3S. The summed E-state index contributed by atoms with van der Waals surface area (Å²) in [5, 5.41) is 1.31. The molecule has 1 aromatic rings. The SMILES string of the molecule is CC1CC(C)C(Sc2ncccn2)C(N)C1. The molecule has 0 radical (unpaired) electrons. The van der Waals surface area contributed by atoms with Gasteiger partial charge < -0.3 is 5.73 Å². The van der Waals surface area contributed by atoms with Gasteiger partial charge in [0, 0.05) is 23.7 Å². The van der Waals surface area contributed by atoms with E-state index in [9.17, 15) is 0 Å². The van der Waals surface area contributed by atoms with E-state index in [4.69, 9.17) is 5.73 Å². The highest BCUT2D eigenvalue weighted by atomic mass is 32.2. The number of rotatable bonds is 2. The van der Waals surface area contributed by atoms with Crippen molar-refractivity contribution in [2.75, 3.05) is 0 Å². The molecule has 4 heteroatoms. The van der Waals surface area contributed by atoms with Crippen LogP contribution in [-0.4, -0.2) is 21.3 Å². The second kappa shape index (κ2) is 5.15. The maximum absolute atomic E-state index is 6.23. The quantitative estimate of drug-likeness (QED) is 0.802. The van der Waals surface area contributed by atoms with Crippen LogP contribution < -0.4 is 5.73 Å². The Kier molecular flexibility index (Phi) is 3.82. The standard InChI is InChI=1S/C12H19N3S/c1-8-6-9(2)11(10(13)7-8)16-12-14-4-3-5-15-12/h3-5,8-11H,6-7,13H2,1-2H3. The molecule has 0 aromatic carbocycles. The van der Waals surface area contributed by atoms with Crippen molar-refractivity contribution in [2.24, 2.45) is 17.6 Å². The summed E-state index contributed by atoms with van der Waals surface area (Å²) in [6, 6.07) is 2.11. The minimum absolute atomic E-state index is 0.271. The lowest BCUT2D eigenvalue weighted by molar-refractivity contribution is 0.279. The predicted molar refractivity (Wildman–Crippen MR) is 67.2 cm³/mol. The molecule has 2 rings (SSSR count). The van der Waals surface area contributed by atoms with E-state index in [0.29, 0.717) is 11.2 Å². The van der Waals surface area contributed by atoms with Crippen molar-refractivity contribution in [3.05, 3.63) is 18.5 Å². The highest BCUT2D eigenvalue weighted by Gasteiger charge is 2.32. The molecule has 0 aliphatic heterocycles. The fourth-order valence-electron chi connectivity index (χ4n) is 2.56. The van der Waals surface area contributed by atoms with Gasteiger partial charge in [-0.25, -0.2) is 9.97 Å². The van der Waals surface area contributed by atoms with Gasteiger partial charge in [-0.15, -0.1) is 0 Å². The lowest BCUT2D eigenvalue weighted by Gasteiger charge is -2.36. The number of nitrogens with two attached hydrogens (primary N) is 1. The van der Waals surface area contributed by atoms with E-state index < -0.39 is 0 Å². The maximum atomic E-state index is 6.23. The Bertz CT molecular complexity index is 318. The van der Waals surface area contributed by atoms with Crippen LogP contribution in [0, 0.1) is 11.8 Å². The summed E-state index contributed by atoms with van der Waals surface area (Å²) in [5.41, 5.74) is 6.23. The van der Waals surface area contributed by atoms with Gasteiger partial charge in [0.25, 0.3) is 0 Å². The summed E-state index contributed by atoms with van der Waals surface area (Å²) in [6.45, 7) is 4.58. The highest BCUT2D eigenvalue weighted by molar-refractivity contribution is 7.99. The van der Waals surface area contributed by atoms with Gasteiger partial charge in [-0.2, -0.15) is 0 Å². The zero-order chi connectivity index (χ0) is 11.5. The molecule has 0 bridgehead atoms. The Labute approximate surface area is 101 Å². The van der Waals surface area contributed by atoms with Crippen molar-refractivity contribution in [2.45, 2.75) is 43.1 Å². The smallest absolute Gasteiger partial charge is 0.187 e. The van der Waals surface area contributed by atoms with Crippen LogP contribution in [0.5, 0.6) is 0 Å². The predicted octanol–water partition coefficient (Wildman–Crippen LogP) is 2.33. The number of nitrogens with zero attached hydrogens (tertiary/aromatic N) is 2. The van der Waals surface area contributed by atoms with Gasteiger partial charge in [-0.3, -0.25) is 0 Å². The van der Waals surface area contributed by atoms with Gasteiger partial charge in [-0.05, 0) is 30.7 Å². The highest BCUT2D eigenvalue weighted by Crippen LogP contribution is 2.37. The molecule has 0 spiro atoms. The van der Waals surface area contributed by atoms with Crippen LogP contribution in [0.4, 0.5) is 0 Å². The Morgan fingerprint density at radius 2 is 1.94 bits per heavy atom. The van der Waals surface area contributed by atoms with Crippen molar-refractivity contribution in [3.8, 4) is 0 Å². The third kappa shape index (κ3) is 2.74. The van der Waals surface area contributed by atoms with E-state index in [2.05, 4.69) is 23.8 Å². The molecule has 88 valence electrons. The number of hydrogen-bond donors (Lipinski definition) is 1. The lowest BCUT2D eigenvalue weighted by Crippen LogP contribution is -2.42. The van der Waals surface area contributed by atoms with Crippen LogP contribution in [0.3, 0.4) is 0 Å². The monoisotopic (exact) mass is 237 g/mol. The minimum atomic E-state index is 0.271. The summed E-state index contributed by atoms with van der Waals surface area (Å²) in [4.78, 5) is 8.51. The molecule has 0 saturated heterocycles. The molecule has 2 N–H and O–H groups in total. The number of aromatic nitrogens is 2. The van der Waals surface area contributed by atoms with Gasteiger partial charge in [0.1, 0.15) is 0 Å². The zero-order valence-corrected chi connectivity index (χ0v) is 10.7. The third-order valence-electron chi connectivity index (χ3n) is 3.22. The van der Waals surface area contributed by atoms with E-state index >= 15 is 0 Å². The molecule has 1 aliphatic carbocycles. The zero-order valence-electron chi connectivity index (χ0n) is 9.84. The summed E-state index contributed by atoms with van der Waals surface area (Å²) < 4.78 is 0. The Balaban J connectivity index is 2.03. The first kappa shape index (κ1) is 11.9. The molecule has 4 atom stereocenters. The van der Waals surface area contributed by atoms with Crippen molar-refractivity contribution in [1.82, 2.24) is 9.97 Å². The van der Waals surface area contributed by atoms with Gasteiger partial charge >= 0.3 is 0 Å². The van der Waals surface area contributed by atoms with Gasteiger partial charge in [-0.1, -0.05) is 25.6 Å². The van der Waals surface area contributed by atoms with Gasteiger partial charge in [0.15, 0.2) is 5.16 Å². The number of thioether (sulfide) groups is 1. The first-order valence-corrected chi connectivity index (χ1v) is 6.74. The molecule has 0 amide bonds. The van der Waals surface area contributed by atoms with Crippen LogP contribution in [0.25, 0.3) is 0 Å². The van der Waals surface area contributed by atoms with Crippen LogP contribution in [0.2, 0.25) is 0 Å². The van der Waals surface area contributed by atoms with Crippen LogP contribution >= 0.6 is 11.8 Å². The first-order chi connectivity index (χ1) is 7.66. The molecular weight excluding hydrogens is 218 g/mol. The van der Waals surface area contributed by atoms with E-state index in [0.717, 1.165) is 17.5 Å². The third-order valence-corrected chi connectivity index (χ3v) is 4.72.